The molecule has 0 aliphatic heterocycles. The SMILES string of the molecule is COc1ccc(OCCC(=O)NC2C3CCCC2CC(N)C3)cc1. The highest BCUT2D eigenvalue weighted by atomic mass is 16.5. The lowest BCUT2D eigenvalue weighted by Gasteiger charge is -2.45. The van der Waals surface area contributed by atoms with Gasteiger partial charge < -0.3 is 20.5 Å². The first kappa shape index (κ1) is 17.1. The van der Waals surface area contributed by atoms with E-state index in [1.54, 1.807) is 7.11 Å². The molecular weight excluding hydrogens is 304 g/mol. The Bertz CT molecular complexity index is 532. The number of rotatable bonds is 6. The molecule has 3 rings (SSSR count). The van der Waals surface area contributed by atoms with Gasteiger partial charge in [0.1, 0.15) is 11.5 Å². The number of carbonyl (C=O) groups excluding carboxylic acids is 1. The largest absolute Gasteiger partial charge is 0.497 e. The van der Waals surface area contributed by atoms with Crippen LogP contribution in [0.5, 0.6) is 11.5 Å². The Labute approximate surface area is 143 Å². The standard InChI is InChI=1S/C19H28N2O3/c1-23-16-5-7-17(8-6-16)24-10-9-18(22)21-19-13-3-2-4-14(19)12-15(20)11-13/h5-8,13-15,19H,2-4,9-12,20H2,1H3,(H,21,22). The average Bonchev–Trinajstić information content (AvgIpc) is 2.56. The second kappa shape index (κ2) is 7.88. The van der Waals surface area contributed by atoms with Gasteiger partial charge in [0.05, 0.1) is 20.1 Å². The molecule has 3 N–H and O–H groups in total. The van der Waals surface area contributed by atoms with E-state index in [2.05, 4.69) is 5.32 Å². The molecular formula is C19H28N2O3. The van der Waals surface area contributed by atoms with E-state index in [-0.39, 0.29) is 5.91 Å². The maximum Gasteiger partial charge on any atom is 0.223 e. The average molecular weight is 332 g/mol. The number of benzene rings is 1. The monoisotopic (exact) mass is 332 g/mol. The molecule has 1 aromatic rings. The van der Waals surface area contributed by atoms with E-state index in [4.69, 9.17) is 15.2 Å². The molecule has 2 atom stereocenters. The minimum absolute atomic E-state index is 0.0842. The molecule has 2 unspecified atom stereocenters. The third kappa shape index (κ3) is 4.20. The van der Waals surface area contributed by atoms with E-state index < -0.39 is 0 Å². The van der Waals surface area contributed by atoms with Crippen molar-refractivity contribution in [2.24, 2.45) is 17.6 Å². The van der Waals surface area contributed by atoms with Gasteiger partial charge in [-0.05, 0) is 61.8 Å². The summed E-state index contributed by atoms with van der Waals surface area (Å²) in [6.45, 7) is 0.389. The number of nitrogens with two attached hydrogens (primary N) is 1. The maximum absolute atomic E-state index is 12.3. The van der Waals surface area contributed by atoms with Crippen molar-refractivity contribution in [2.75, 3.05) is 13.7 Å². The van der Waals surface area contributed by atoms with Gasteiger partial charge in [0.15, 0.2) is 0 Å². The highest BCUT2D eigenvalue weighted by Gasteiger charge is 2.39. The molecule has 2 aliphatic rings. The fourth-order valence-electron chi connectivity index (χ4n) is 4.22. The molecule has 2 saturated carbocycles. The van der Waals surface area contributed by atoms with Crippen LogP contribution < -0.4 is 20.5 Å². The molecule has 1 aromatic carbocycles. The van der Waals surface area contributed by atoms with Gasteiger partial charge in [-0.25, -0.2) is 0 Å². The number of nitrogens with one attached hydrogen (secondary N) is 1. The summed E-state index contributed by atoms with van der Waals surface area (Å²) in [6, 6.07) is 8.02. The molecule has 5 nitrogen and oxygen atoms in total. The van der Waals surface area contributed by atoms with E-state index in [0.29, 0.717) is 36.9 Å². The number of amides is 1. The lowest BCUT2D eigenvalue weighted by Crippen LogP contribution is -2.53. The van der Waals surface area contributed by atoms with Crippen molar-refractivity contribution in [1.29, 1.82) is 0 Å². The second-order valence-corrected chi connectivity index (χ2v) is 7.05. The molecule has 0 heterocycles. The molecule has 2 bridgehead atoms. The Morgan fingerprint density at radius 1 is 1.17 bits per heavy atom. The maximum atomic E-state index is 12.3. The number of hydrogen-bond acceptors (Lipinski definition) is 4. The fraction of sp³-hybridized carbons (Fsp3) is 0.632. The zero-order valence-corrected chi connectivity index (χ0v) is 14.4. The minimum Gasteiger partial charge on any atom is -0.497 e. The Kier molecular flexibility index (Phi) is 5.61. The number of carbonyl (C=O) groups is 1. The Hall–Kier alpha value is -1.75. The van der Waals surface area contributed by atoms with Crippen LogP contribution in [0.4, 0.5) is 0 Å². The van der Waals surface area contributed by atoms with Crippen LogP contribution in [-0.2, 0) is 4.79 Å². The number of hydrogen-bond donors (Lipinski definition) is 2. The molecule has 2 aliphatic carbocycles. The predicted octanol–water partition coefficient (Wildman–Crippen LogP) is 2.49. The van der Waals surface area contributed by atoms with Crippen LogP contribution in [0.25, 0.3) is 0 Å². The minimum atomic E-state index is 0.0842. The second-order valence-electron chi connectivity index (χ2n) is 7.05. The van der Waals surface area contributed by atoms with Crippen molar-refractivity contribution in [3.63, 3.8) is 0 Å². The van der Waals surface area contributed by atoms with Gasteiger partial charge in [-0.3, -0.25) is 4.79 Å². The highest BCUT2D eigenvalue weighted by Crippen LogP contribution is 2.39. The van der Waals surface area contributed by atoms with Crippen LogP contribution in [0.1, 0.15) is 38.5 Å². The molecule has 2 fully saturated rings. The molecule has 0 spiro atoms. The third-order valence-corrected chi connectivity index (χ3v) is 5.36. The molecule has 0 saturated heterocycles. The Morgan fingerprint density at radius 2 is 1.79 bits per heavy atom. The first-order chi connectivity index (χ1) is 11.7. The summed E-state index contributed by atoms with van der Waals surface area (Å²) in [6.07, 6.45) is 6.13. The van der Waals surface area contributed by atoms with Crippen molar-refractivity contribution in [3.8, 4) is 11.5 Å². The molecule has 0 radical (unpaired) electrons. The first-order valence-corrected chi connectivity index (χ1v) is 8.97. The summed E-state index contributed by atoms with van der Waals surface area (Å²) in [5.74, 6) is 2.74. The fourth-order valence-corrected chi connectivity index (χ4v) is 4.22. The normalized spacial score (nSPS) is 28.9. The number of methoxy groups -OCH3 is 1. The van der Waals surface area contributed by atoms with Crippen LogP contribution in [-0.4, -0.2) is 31.7 Å². The number of ether oxygens (including phenoxy) is 2. The van der Waals surface area contributed by atoms with Crippen LogP contribution in [0.15, 0.2) is 24.3 Å². The summed E-state index contributed by atoms with van der Waals surface area (Å²) in [5.41, 5.74) is 6.14. The lowest BCUT2D eigenvalue weighted by molar-refractivity contribution is -0.123. The van der Waals surface area contributed by atoms with E-state index in [1.807, 2.05) is 24.3 Å². The van der Waals surface area contributed by atoms with E-state index in [1.165, 1.54) is 19.3 Å². The van der Waals surface area contributed by atoms with Crippen molar-refractivity contribution < 1.29 is 14.3 Å². The summed E-state index contributed by atoms with van der Waals surface area (Å²) >= 11 is 0. The molecule has 132 valence electrons. The smallest absolute Gasteiger partial charge is 0.223 e. The van der Waals surface area contributed by atoms with Gasteiger partial charge in [-0.2, -0.15) is 0 Å². The van der Waals surface area contributed by atoms with Crippen LogP contribution >= 0.6 is 0 Å². The Morgan fingerprint density at radius 3 is 2.42 bits per heavy atom. The van der Waals surface area contributed by atoms with Gasteiger partial charge in [0.25, 0.3) is 0 Å². The topological polar surface area (TPSA) is 73.6 Å². The summed E-state index contributed by atoms with van der Waals surface area (Å²) < 4.78 is 10.8. The molecule has 0 aromatic heterocycles. The van der Waals surface area contributed by atoms with Crippen molar-refractivity contribution in [2.45, 2.75) is 50.6 Å². The summed E-state index contributed by atoms with van der Waals surface area (Å²) in [7, 11) is 1.63. The number of fused-ring (bicyclic) bond motifs is 2. The van der Waals surface area contributed by atoms with E-state index in [0.717, 1.165) is 24.3 Å². The molecule has 24 heavy (non-hydrogen) atoms. The van der Waals surface area contributed by atoms with Gasteiger partial charge in [-0.1, -0.05) is 6.42 Å². The van der Waals surface area contributed by atoms with Crippen molar-refractivity contribution in [1.82, 2.24) is 5.32 Å². The zero-order valence-electron chi connectivity index (χ0n) is 14.4. The molecule has 1 amide bonds. The highest BCUT2D eigenvalue weighted by molar-refractivity contribution is 5.76. The lowest BCUT2D eigenvalue weighted by atomic mass is 9.67. The zero-order chi connectivity index (χ0) is 16.9. The van der Waals surface area contributed by atoms with Crippen LogP contribution in [0.3, 0.4) is 0 Å². The predicted molar refractivity (Wildman–Crippen MR) is 93.1 cm³/mol. The van der Waals surface area contributed by atoms with Crippen molar-refractivity contribution >= 4 is 5.91 Å². The first-order valence-electron chi connectivity index (χ1n) is 8.97. The van der Waals surface area contributed by atoms with Gasteiger partial charge >= 0.3 is 0 Å². The molecule has 5 heteroatoms. The van der Waals surface area contributed by atoms with E-state index in [9.17, 15) is 4.79 Å². The quantitative estimate of drug-likeness (QED) is 0.839. The van der Waals surface area contributed by atoms with Crippen molar-refractivity contribution in [3.05, 3.63) is 24.3 Å². The summed E-state index contributed by atoms with van der Waals surface area (Å²) in [5, 5.41) is 3.25. The van der Waals surface area contributed by atoms with Gasteiger partial charge in [-0.15, -0.1) is 0 Å². The summed E-state index contributed by atoms with van der Waals surface area (Å²) in [4.78, 5) is 12.3. The van der Waals surface area contributed by atoms with Crippen LogP contribution in [0, 0.1) is 11.8 Å². The van der Waals surface area contributed by atoms with Gasteiger partial charge in [0.2, 0.25) is 5.91 Å². The Balaban J connectivity index is 1.43. The van der Waals surface area contributed by atoms with Crippen LogP contribution in [0.2, 0.25) is 0 Å². The van der Waals surface area contributed by atoms with Gasteiger partial charge in [0, 0.05) is 12.1 Å². The van der Waals surface area contributed by atoms with E-state index >= 15 is 0 Å². The third-order valence-electron chi connectivity index (χ3n) is 5.36.